The molecule has 1 aliphatic heterocycles. The summed E-state index contributed by atoms with van der Waals surface area (Å²) in [6.07, 6.45) is 5.53. The van der Waals surface area contributed by atoms with Gasteiger partial charge in [-0.15, -0.1) is 0 Å². The van der Waals surface area contributed by atoms with Gasteiger partial charge in [-0.2, -0.15) is 13.2 Å². The van der Waals surface area contributed by atoms with Crippen molar-refractivity contribution >= 4 is 5.91 Å². The minimum absolute atomic E-state index is 0.0493. The third-order valence-corrected chi connectivity index (χ3v) is 7.28. The van der Waals surface area contributed by atoms with Crippen molar-refractivity contribution in [2.45, 2.75) is 130 Å². The molecule has 4 atom stereocenters. The number of methoxy groups -OCH3 is 1. The van der Waals surface area contributed by atoms with Gasteiger partial charge in [0.25, 0.3) is 0 Å². The SMILES string of the molecule is CC.CC.CCC.COC1CCCCC1N[C@@H]1CCC(C(=O)N2CCc3c(cc(C(F)(F)F)c[n+]3OC)C2)C1. The van der Waals surface area contributed by atoms with Crippen molar-refractivity contribution in [2.75, 3.05) is 20.8 Å². The number of aromatic nitrogens is 1. The Labute approximate surface area is 234 Å². The molecular formula is C30H53F3N3O3+. The first kappa shape index (κ1) is 35.2. The van der Waals surface area contributed by atoms with Crippen molar-refractivity contribution < 1.29 is 32.3 Å². The van der Waals surface area contributed by atoms with Gasteiger partial charge in [0, 0.05) is 42.0 Å². The largest absolute Gasteiger partial charge is 0.422 e. The number of pyridine rings is 1. The minimum atomic E-state index is -4.47. The van der Waals surface area contributed by atoms with Crippen LogP contribution in [0.3, 0.4) is 0 Å². The molecule has 3 aliphatic rings. The highest BCUT2D eigenvalue weighted by Gasteiger charge is 2.40. The van der Waals surface area contributed by atoms with Crippen LogP contribution in [0, 0.1) is 5.92 Å². The standard InChI is InChI=1S/C23H33F3N3O3.C3H8.2C2H6/c1-31-21-6-4-3-5-19(21)27-18-8-7-15(12-18)22(30)28-10-9-20-16(13-28)11-17(23(24,25)26)14-29(20)32-2;1-3-2;2*1-2/h11,14-15,18-19,21,27H,3-10,12-13H2,1-2H3;3H2,1-2H3;2*1-2H3/q+1;;;/t15?,18-,19?,21?;;;/m1.../s1. The van der Waals surface area contributed by atoms with Crippen LogP contribution in [0.15, 0.2) is 12.3 Å². The molecule has 1 aromatic heterocycles. The van der Waals surface area contributed by atoms with E-state index >= 15 is 0 Å². The summed E-state index contributed by atoms with van der Waals surface area (Å²) in [7, 11) is 3.11. The van der Waals surface area contributed by atoms with E-state index in [-0.39, 0.29) is 30.5 Å². The van der Waals surface area contributed by atoms with Crippen LogP contribution in [-0.2, 0) is 28.7 Å². The van der Waals surface area contributed by atoms with Gasteiger partial charge in [-0.05, 0) is 38.2 Å². The topological polar surface area (TPSA) is 54.7 Å². The highest BCUT2D eigenvalue weighted by molar-refractivity contribution is 5.79. The molecule has 39 heavy (non-hydrogen) atoms. The fourth-order valence-corrected chi connectivity index (χ4v) is 5.58. The lowest BCUT2D eigenvalue weighted by atomic mass is 9.91. The van der Waals surface area contributed by atoms with Gasteiger partial charge >= 0.3 is 6.18 Å². The van der Waals surface area contributed by atoms with Crippen LogP contribution in [0.25, 0.3) is 0 Å². The number of amides is 1. The molecule has 4 rings (SSSR count). The van der Waals surface area contributed by atoms with Gasteiger partial charge in [-0.25, -0.2) is 0 Å². The van der Waals surface area contributed by atoms with E-state index in [1.165, 1.54) is 31.1 Å². The predicted octanol–water partition coefficient (Wildman–Crippen LogP) is 6.12. The van der Waals surface area contributed by atoms with Crippen LogP contribution in [-0.4, -0.2) is 49.8 Å². The van der Waals surface area contributed by atoms with E-state index in [0.29, 0.717) is 30.3 Å². The van der Waals surface area contributed by atoms with E-state index in [0.717, 1.165) is 44.4 Å². The third kappa shape index (κ3) is 9.92. The quantitative estimate of drug-likeness (QED) is 0.441. The number of rotatable bonds is 5. The highest BCUT2D eigenvalue weighted by atomic mass is 19.4. The van der Waals surface area contributed by atoms with Gasteiger partial charge in [-0.3, -0.25) is 9.63 Å². The molecule has 9 heteroatoms. The smallest absolute Gasteiger partial charge is 0.380 e. The highest BCUT2D eigenvalue weighted by Crippen LogP contribution is 2.33. The Balaban J connectivity index is 0.000000996. The average Bonchev–Trinajstić information content (AvgIpc) is 3.42. The first-order valence-corrected chi connectivity index (χ1v) is 15.0. The van der Waals surface area contributed by atoms with Crippen LogP contribution >= 0.6 is 0 Å². The molecule has 226 valence electrons. The molecule has 0 saturated heterocycles. The maximum Gasteiger partial charge on any atom is 0.422 e. The van der Waals surface area contributed by atoms with Gasteiger partial charge in [0.2, 0.25) is 17.8 Å². The molecular weight excluding hydrogens is 507 g/mol. The number of hydrogen-bond donors (Lipinski definition) is 1. The molecule has 3 unspecified atom stereocenters. The van der Waals surface area contributed by atoms with E-state index in [2.05, 4.69) is 19.2 Å². The summed E-state index contributed by atoms with van der Waals surface area (Å²) in [5.41, 5.74) is 0.426. The third-order valence-electron chi connectivity index (χ3n) is 7.28. The second-order valence-corrected chi connectivity index (χ2v) is 9.96. The number of fused-ring (bicyclic) bond motifs is 1. The number of hydrogen-bond acceptors (Lipinski definition) is 4. The minimum Gasteiger partial charge on any atom is -0.380 e. The van der Waals surface area contributed by atoms with Gasteiger partial charge in [0.1, 0.15) is 12.7 Å². The zero-order valence-corrected chi connectivity index (χ0v) is 25.5. The van der Waals surface area contributed by atoms with E-state index in [9.17, 15) is 18.0 Å². The monoisotopic (exact) mass is 560 g/mol. The Morgan fingerprint density at radius 1 is 1.08 bits per heavy atom. The molecule has 2 saturated carbocycles. The molecule has 1 amide bonds. The Hall–Kier alpha value is -1.87. The van der Waals surface area contributed by atoms with E-state index in [1.54, 1.807) is 12.0 Å². The molecule has 6 nitrogen and oxygen atoms in total. The predicted molar refractivity (Wildman–Crippen MR) is 149 cm³/mol. The molecule has 1 N–H and O–H groups in total. The number of ether oxygens (including phenoxy) is 1. The Morgan fingerprint density at radius 2 is 1.72 bits per heavy atom. The summed E-state index contributed by atoms with van der Waals surface area (Å²) in [6, 6.07) is 1.77. The van der Waals surface area contributed by atoms with Gasteiger partial charge in [0.05, 0.1) is 19.1 Å². The van der Waals surface area contributed by atoms with Gasteiger partial charge < -0.3 is 15.0 Å². The van der Waals surface area contributed by atoms with Crippen molar-refractivity contribution in [2.24, 2.45) is 5.92 Å². The summed E-state index contributed by atoms with van der Waals surface area (Å²) in [5.74, 6) is -0.0350. The summed E-state index contributed by atoms with van der Waals surface area (Å²) < 4.78 is 46.7. The van der Waals surface area contributed by atoms with Crippen LogP contribution in [0.5, 0.6) is 0 Å². The molecule has 0 aromatic carbocycles. The zero-order valence-electron chi connectivity index (χ0n) is 25.5. The Kier molecular flexibility index (Phi) is 16.0. The summed E-state index contributed by atoms with van der Waals surface area (Å²) in [6.45, 7) is 12.9. The first-order valence-electron chi connectivity index (χ1n) is 15.0. The fraction of sp³-hybridized carbons (Fsp3) is 0.800. The second-order valence-electron chi connectivity index (χ2n) is 9.96. The average molecular weight is 561 g/mol. The number of nitrogens with one attached hydrogen (secondary N) is 1. The molecule has 2 heterocycles. The van der Waals surface area contributed by atoms with E-state index in [1.807, 2.05) is 27.7 Å². The summed E-state index contributed by atoms with van der Waals surface area (Å²) in [4.78, 5) is 20.1. The Morgan fingerprint density at radius 3 is 2.31 bits per heavy atom. The molecule has 1 aromatic rings. The maximum atomic E-state index is 13.3. The van der Waals surface area contributed by atoms with E-state index in [4.69, 9.17) is 9.57 Å². The maximum absolute atomic E-state index is 13.3. The lowest BCUT2D eigenvalue weighted by Crippen LogP contribution is -2.51. The van der Waals surface area contributed by atoms with Crippen LogP contribution in [0.4, 0.5) is 13.2 Å². The van der Waals surface area contributed by atoms with Crippen molar-refractivity contribution in [1.82, 2.24) is 10.2 Å². The van der Waals surface area contributed by atoms with Gasteiger partial charge in [-0.1, -0.05) is 60.8 Å². The summed E-state index contributed by atoms with van der Waals surface area (Å²) >= 11 is 0. The zero-order chi connectivity index (χ0) is 29.6. The second kappa shape index (κ2) is 17.7. The van der Waals surface area contributed by atoms with E-state index < -0.39 is 11.7 Å². The molecule has 2 aliphatic carbocycles. The van der Waals surface area contributed by atoms with Crippen molar-refractivity contribution in [3.8, 4) is 0 Å². The Bertz CT molecular complexity index is 851. The number of halogens is 3. The van der Waals surface area contributed by atoms with Gasteiger partial charge in [0.15, 0.2) is 0 Å². The fourth-order valence-electron chi connectivity index (χ4n) is 5.58. The number of alkyl halides is 3. The van der Waals surface area contributed by atoms with Crippen molar-refractivity contribution in [3.63, 3.8) is 0 Å². The number of carbonyl (C=O) groups is 1. The molecule has 2 fully saturated rings. The van der Waals surface area contributed by atoms with Crippen LogP contribution in [0.1, 0.15) is 110 Å². The molecule has 0 bridgehead atoms. The first-order chi connectivity index (χ1) is 18.7. The normalized spacial score (nSPS) is 24.1. The molecule has 0 spiro atoms. The van der Waals surface area contributed by atoms with Crippen LogP contribution < -0.4 is 14.9 Å². The van der Waals surface area contributed by atoms with Crippen molar-refractivity contribution in [1.29, 1.82) is 0 Å². The molecule has 0 radical (unpaired) electrons. The lowest BCUT2D eigenvalue weighted by Gasteiger charge is -2.33. The number of carbonyl (C=O) groups excluding carboxylic acids is 1. The van der Waals surface area contributed by atoms with Crippen molar-refractivity contribution in [3.05, 3.63) is 29.1 Å². The number of nitrogens with zero attached hydrogens (tertiary/aromatic N) is 2. The van der Waals surface area contributed by atoms with Crippen LogP contribution in [0.2, 0.25) is 0 Å². The lowest BCUT2D eigenvalue weighted by molar-refractivity contribution is -0.891. The summed E-state index contributed by atoms with van der Waals surface area (Å²) in [5, 5.41) is 3.72.